The van der Waals surface area contributed by atoms with Crippen LogP contribution in [0.1, 0.15) is 33.1 Å². The van der Waals surface area contributed by atoms with E-state index in [1.165, 1.54) is 0 Å². The minimum atomic E-state index is -3.08. The van der Waals surface area contributed by atoms with Crippen LogP contribution >= 0.6 is 0 Å². The lowest BCUT2D eigenvalue weighted by Gasteiger charge is -2.22. The summed E-state index contributed by atoms with van der Waals surface area (Å²) < 4.78 is 24.0. The lowest BCUT2D eigenvalue weighted by atomic mass is 9.86. The zero-order chi connectivity index (χ0) is 14.9. The summed E-state index contributed by atoms with van der Waals surface area (Å²) in [5.41, 5.74) is 5.28. The maximum absolute atomic E-state index is 10.8. The quantitative estimate of drug-likeness (QED) is 0.149. The zero-order valence-corrected chi connectivity index (χ0v) is 12.8. The Hall–Kier alpha value is -0.860. The van der Waals surface area contributed by atoms with Gasteiger partial charge in [-0.15, -0.1) is 0 Å². The molecule has 8 heteroatoms. The van der Waals surface area contributed by atoms with E-state index < -0.39 is 10.0 Å². The maximum Gasteiger partial charge on any atom is 0.208 e. The number of rotatable bonds is 10. The van der Waals surface area contributed by atoms with Crippen LogP contribution in [0.2, 0.25) is 0 Å². The van der Waals surface area contributed by atoms with Gasteiger partial charge in [0.05, 0.1) is 6.26 Å². The Kier molecular flexibility index (Phi) is 7.96. The van der Waals surface area contributed by atoms with Crippen LogP contribution in [0.15, 0.2) is 5.16 Å². The summed E-state index contributed by atoms with van der Waals surface area (Å²) in [4.78, 5) is 0. The molecule has 0 heterocycles. The SMILES string of the molecule is CC(C)(CCCNCCCNS(C)(=O)=O)C(N)=NO. The summed E-state index contributed by atoms with van der Waals surface area (Å²) in [6.45, 7) is 5.88. The summed E-state index contributed by atoms with van der Waals surface area (Å²) in [5, 5.41) is 14.9. The van der Waals surface area contributed by atoms with Gasteiger partial charge in [-0.25, -0.2) is 13.1 Å². The molecule has 7 nitrogen and oxygen atoms in total. The van der Waals surface area contributed by atoms with Gasteiger partial charge in [-0.05, 0) is 32.4 Å². The fraction of sp³-hybridized carbons (Fsp3) is 0.909. The number of hydrogen-bond donors (Lipinski definition) is 4. The molecule has 0 bridgehead atoms. The van der Waals surface area contributed by atoms with E-state index in [9.17, 15) is 8.42 Å². The number of nitrogens with one attached hydrogen (secondary N) is 2. The van der Waals surface area contributed by atoms with E-state index >= 15 is 0 Å². The van der Waals surface area contributed by atoms with Crippen LogP contribution in [0.4, 0.5) is 0 Å². The zero-order valence-electron chi connectivity index (χ0n) is 11.9. The van der Waals surface area contributed by atoms with Crippen LogP contribution in [0.5, 0.6) is 0 Å². The van der Waals surface area contributed by atoms with Gasteiger partial charge in [-0.3, -0.25) is 0 Å². The Morgan fingerprint density at radius 2 is 1.84 bits per heavy atom. The average molecular weight is 294 g/mol. The molecule has 0 aliphatic carbocycles. The van der Waals surface area contributed by atoms with Crippen molar-refractivity contribution >= 4 is 15.9 Å². The molecule has 19 heavy (non-hydrogen) atoms. The van der Waals surface area contributed by atoms with E-state index in [4.69, 9.17) is 10.9 Å². The third kappa shape index (κ3) is 9.69. The highest BCUT2D eigenvalue weighted by atomic mass is 32.2. The second kappa shape index (κ2) is 8.34. The highest BCUT2D eigenvalue weighted by molar-refractivity contribution is 7.88. The molecule has 5 N–H and O–H groups in total. The summed E-state index contributed by atoms with van der Waals surface area (Å²) >= 11 is 0. The Balaban J connectivity index is 3.56. The maximum atomic E-state index is 10.8. The molecule has 0 aliphatic rings. The first-order valence-corrected chi connectivity index (χ1v) is 8.21. The Morgan fingerprint density at radius 3 is 2.37 bits per heavy atom. The van der Waals surface area contributed by atoms with Crippen molar-refractivity contribution in [2.75, 3.05) is 25.9 Å². The van der Waals surface area contributed by atoms with E-state index in [1.807, 2.05) is 13.8 Å². The molecule has 0 aromatic heterocycles. The number of sulfonamides is 1. The van der Waals surface area contributed by atoms with Gasteiger partial charge in [0.2, 0.25) is 10.0 Å². The average Bonchev–Trinajstić information content (AvgIpc) is 2.30. The number of nitrogens with zero attached hydrogens (tertiary/aromatic N) is 1. The highest BCUT2D eigenvalue weighted by Gasteiger charge is 2.22. The van der Waals surface area contributed by atoms with Gasteiger partial charge in [-0.1, -0.05) is 19.0 Å². The topological polar surface area (TPSA) is 117 Å². The lowest BCUT2D eigenvalue weighted by Crippen LogP contribution is -2.33. The van der Waals surface area contributed by atoms with E-state index in [0.29, 0.717) is 6.54 Å². The van der Waals surface area contributed by atoms with Crippen molar-refractivity contribution in [1.29, 1.82) is 0 Å². The van der Waals surface area contributed by atoms with Gasteiger partial charge in [0, 0.05) is 12.0 Å². The van der Waals surface area contributed by atoms with Crippen molar-refractivity contribution in [3.63, 3.8) is 0 Å². The van der Waals surface area contributed by atoms with Gasteiger partial charge in [0.25, 0.3) is 0 Å². The lowest BCUT2D eigenvalue weighted by molar-refractivity contribution is 0.304. The van der Waals surface area contributed by atoms with E-state index in [2.05, 4.69) is 15.2 Å². The summed E-state index contributed by atoms with van der Waals surface area (Å²) in [6, 6.07) is 0. The molecular formula is C11H26N4O3S. The second-order valence-corrected chi connectivity index (χ2v) is 7.08. The molecule has 0 saturated carbocycles. The second-order valence-electron chi connectivity index (χ2n) is 5.24. The smallest absolute Gasteiger partial charge is 0.208 e. The van der Waals surface area contributed by atoms with Gasteiger partial charge in [0.1, 0.15) is 5.84 Å². The fourth-order valence-electron chi connectivity index (χ4n) is 1.51. The number of hydrogen-bond acceptors (Lipinski definition) is 5. The van der Waals surface area contributed by atoms with Gasteiger partial charge in [0.15, 0.2) is 0 Å². The fourth-order valence-corrected chi connectivity index (χ4v) is 2.03. The minimum absolute atomic E-state index is 0.241. The van der Waals surface area contributed by atoms with Gasteiger partial charge < -0.3 is 16.3 Å². The molecular weight excluding hydrogens is 268 g/mol. The summed E-state index contributed by atoms with van der Waals surface area (Å²) in [7, 11) is -3.08. The third-order valence-corrected chi connectivity index (χ3v) is 3.58. The summed E-state index contributed by atoms with van der Waals surface area (Å²) in [5.74, 6) is 0.241. The molecule has 0 aromatic rings. The first kappa shape index (κ1) is 18.1. The Morgan fingerprint density at radius 1 is 1.26 bits per heavy atom. The minimum Gasteiger partial charge on any atom is -0.409 e. The van der Waals surface area contributed by atoms with Crippen molar-refractivity contribution in [3.8, 4) is 0 Å². The molecule has 0 atom stereocenters. The Labute approximate surface area is 115 Å². The van der Waals surface area contributed by atoms with Crippen LogP contribution < -0.4 is 15.8 Å². The van der Waals surface area contributed by atoms with Crippen LogP contribution in [0.3, 0.4) is 0 Å². The number of amidine groups is 1. The van der Waals surface area contributed by atoms with Crippen LogP contribution in [0.25, 0.3) is 0 Å². The summed E-state index contributed by atoms with van der Waals surface area (Å²) in [6.07, 6.45) is 3.62. The normalized spacial score (nSPS) is 13.7. The van der Waals surface area contributed by atoms with Crippen LogP contribution in [0, 0.1) is 5.41 Å². The van der Waals surface area contributed by atoms with E-state index in [0.717, 1.165) is 38.6 Å². The number of nitrogens with two attached hydrogens (primary N) is 1. The molecule has 114 valence electrons. The third-order valence-electron chi connectivity index (χ3n) is 2.85. The van der Waals surface area contributed by atoms with Crippen LogP contribution in [-0.4, -0.2) is 45.4 Å². The predicted octanol–water partition coefficient (Wildman–Crippen LogP) is 0.0681. The number of oxime groups is 1. The molecule has 0 aliphatic heterocycles. The van der Waals surface area contributed by atoms with Crippen molar-refractivity contribution in [2.24, 2.45) is 16.3 Å². The molecule has 0 fully saturated rings. The van der Waals surface area contributed by atoms with Crippen LogP contribution in [-0.2, 0) is 10.0 Å². The van der Waals surface area contributed by atoms with Crippen molar-refractivity contribution in [1.82, 2.24) is 10.0 Å². The highest BCUT2D eigenvalue weighted by Crippen LogP contribution is 2.21. The van der Waals surface area contributed by atoms with Gasteiger partial charge >= 0.3 is 0 Å². The molecule has 0 spiro atoms. The van der Waals surface area contributed by atoms with E-state index in [-0.39, 0.29) is 11.3 Å². The first-order valence-electron chi connectivity index (χ1n) is 6.32. The molecule has 0 amide bonds. The van der Waals surface area contributed by atoms with Gasteiger partial charge in [-0.2, -0.15) is 0 Å². The molecule has 0 aromatic carbocycles. The molecule has 0 saturated heterocycles. The standard InChI is InChI=1S/C11H26N4O3S/c1-11(2,10(12)15-16)6-4-7-13-8-5-9-14-19(3,17)18/h13-14,16H,4-9H2,1-3H3,(H2,12,15). The molecule has 0 radical (unpaired) electrons. The predicted molar refractivity (Wildman–Crippen MR) is 76.8 cm³/mol. The molecule has 0 unspecified atom stereocenters. The largest absolute Gasteiger partial charge is 0.409 e. The first-order chi connectivity index (χ1) is 8.69. The molecule has 0 rings (SSSR count). The van der Waals surface area contributed by atoms with E-state index in [1.54, 1.807) is 0 Å². The van der Waals surface area contributed by atoms with Crippen molar-refractivity contribution in [2.45, 2.75) is 33.1 Å². The van der Waals surface area contributed by atoms with Crippen molar-refractivity contribution < 1.29 is 13.6 Å². The Bertz CT molecular complexity index is 379. The van der Waals surface area contributed by atoms with Crippen molar-refractivity contribution in [3.05, 3.63) is 0 Å². The monoisotopic (exact) mass is 294 g/mol.